The van der Waals surface area contributed by atoms with Crippen LogP contribution >= 0.6 is 0 Å². The Bertz CT molecular complexity index is 976. The molecule has 5 nitrogen and oxygen atoms in total. The number of carbonyl (C=O) groups is 2. The van der Waals surface area contributed by atoms with Gasteiger partial charge in [-0.1, -0.05) is 18.2 Å². The van der Waals surface area contributed by atoms with Gasteiger partial charge in [-0.15, -0.1) is 0 Å². The molecule has 0 radical (unpaired) electrons. The first-order valence-corrected chi connectivity index (χ1v) is 8.34. The van der Waals surface area contributed by atoms with Gasteiger partial charge in [-0.3, -0.25) is 9.59 Å². The molecule has 3 aromatic rings. The van der Waals surface area contributed by atoms with Gasteiger partial charge in [0.2, 0.25) is 5.91 Å². The molecule has 1 unspecified atom stereocenters. The first-order chi connectivity index (χ1) is 12.1. The summed E-state index contributed by atoms with van der Waals surface area (Å²) in [6, 6.07) is 15.1. The van der Waals surface area contributed by atoms with Crippen LogP contribution < -0.4 is 9.80 Å². The summed E-state index contributed by atoms with van der Waals surface area (Å²) >= 11 is 0. The summed E-state index contributed by atoms with van der Waals surface area (Å²) in [5.41, 5.74) is 3.16. The number of rotatable bonds is 1. The van der Waals surface area contributed by atoms with E-state index in [0.717, 1.165) is 22.3 Å². The predicted molar refractivity (Wildman–Crippen MR) is 99.0 cm³/mol. The lowest BCUT2D eigenvalue weighted by Gasteiger charge is -2.40. The number of carbonyl (C=O) groups excluding carboxylic acids is 2. The highest BCUT2D eigenvalue weighted by atomic mass is 16.2. The highest BCUT2D eigenvalue weighted by Crippen LogP contribution is 2.36. The Labute approximate surface area is 145 Å². The maximum absolute atomic E-state index is 13.3. The average Bonchev–Trinajstić information content (AvgIpc) is 3.08. The number of benzene rings is 2. The van der Waals surface area contributed by atoms with Crippen molar-refractivity contribution in [2.24, 2.45) is 0 Å². The molecule has 1 aliphatic rings. The lowest BCUT2D eigenvalue weighted by molar-refractivity contribution is -0.117. The minimum atomic E-state index is -0.0817. The topological polar surface area (TPSA) is 56.4 Å². The van der Waals surface area contributed by atoms with Crippen molar-refractivity contribution >= 4 is 34.1 Å². The first kappa shape index (κ1) is 15.4. The highest BCUT2D eigenvalue weighted by Gasteiger charge is 2.34. The molecule has 25 heavy (non-hydrogen) atoms. The summed E-state index contributed by atoms with van der Waals surface area (Å²) in [6.07, 6.45) is 1.84. The zero-order valence-electron chi connectivity index (χ0n) is 14.2. The lowest BCUT2D eigenvalue weighted by Crippen LogP contribution is -2.51. The molecule has 0 bridgehead atoms. The Kier molecular flexibility index (Phi) is 3.57. The van der Waals surface area contributed by atoms with Gasteiger partial charge in [0.05, 0.1) is 17.4 Å². The van der Waals surface area contributed by atoms with E-state index in [0.29, 0.717) is 12.1 Å². The van der Waals surface area contributed by atoms with E-state index in [2.05, 4.69) is 4.98 Å². The Morgan fingerprint density at radius 2 is 1.80 bits per heavy atom. The molecule has 0 fully saturated rings. The van der Waals surface area contributed by atoms with Crippen LogP contribution in [0.1, 0.15) is 24.2 Å². The van der Waals surface area contributed by atoms with E-state index in [1.165, 1.54) is 0 Å². The van der Waals surface area contributed by atoms with Crippen molar-refractivity contribution in [2.75, 3.05) is 16.3 Å². The number of aromatic amines is 1. The van der Waals surface area contributed by atoms with Crippen LogP contribution in [0, 0.1) is 0 Å². The Morgan fingerprint density at radius 3 is 2.56 bits per heavy atom. The number of nitrogens with one attached hydrogen (secondary N) is 1. The minimum absolute atomic E-state index is 0.0141. The number of para-hydroxylation sites is 2. The van der Waals surface area contributed by atoms with Crippen LogP contribution in [-0.4, -0.2) is 29.4 Å². The number of anilines is 2. The zero-order chi connectivity index (χ0) is 17.6. The predicted octanol–water partition coefficient (Wildman–Crippen LogP) is 3.57. The van der Waals surface area contributed by atoms with Gasteiger partial charge in [0.25, 0.3) is 5.91 Å². The number of fused-ring (bicyclic) bond motifs is 2. The molecular formula is C20H19N3O2. The molecule has 0 spiro atoms. The van der Waals surface area contributed by atoms with E-state index >= 15 is 0 Å². The number of hydrogen-bond donors (Lipinski definition) is 1. The van der Waals surface area contributed by atoms with E-state index in [9.17, 15) is 9.59 Å². The SMILES string of the molecule is CC(=O)N1c2ccccc2N(C(=O)c2cccc3[nH]ccc23)CC1C. The van der Waals surface area contributed by atoms with Gasteiger partial charge in [-0.05, 0) is 37.3 Å². The standard InChI is InChI=1S/C20H19N3O2/c1-13-12-22(18-8-3-4-9-19(18)23(13)14(2)24)20(25)16-6-5-7-17-15(16)10-11-21-17/h3-11,13,21H,12H2,1-2H3. The van der Waals surface area contributed by atoms with Crippen LogP contribution in [0.4, 0.5) is 11.4 Å². The van der Waals surface area contributed by atoms with E-state index in [4.69, 9.17) is 0 Å². The molecule has 2 heterocycles. The molecule has 2 amide bonds. The fourth-order valence-electron chi connectivity index (χ4n) is 3.67. The molecule has 2 aromatic carbocycles. The van der Waals surface area contributed by atoms with Gasteiger partial charge < -0.3 is 14.8 Å². The van der Waals surface area contributed by atoms with Crippen molar-refractivity contribution in [2.45, 2.75) is 19.9 Å². The molecular weight excluding hydrogens is 314 g/mol. The Hall–Kier alpha value is -3.08. The third-order valence-corrected chi connectivity index (χ3v) is 4.73. The highest BCUT2D eigenvalue weighted by molar-refractivity contribution is 6.16. The number of aromatic nitrogens is 1. The molecule has 5 heteroatoms. The maximum atomic E-state index is 13.3. The normalized spacial score (nSPS) is 16.8. The summed E-state index contributed by atoms with van der Waals surface area (Å²) in [4.78, 5) is 32.1. The fourth-order valence-corrected chi connectivity index (χ4v) is 3.67. The molecule has 1 aromatic heterocycles. The zero-order valence-corrected chi connectivity index (χ0v) is 14.2. The Balaban J connectivity index is 1.83. The third kappa shape index (κ3) is 2.39. The molecule has 1 N–H and O–H groups in total. The second kappa shape index (κ2) is 5.77. The molecule has 126 valence electrons. The quantitative estimate of drug-likeness (QED) is 0.740. The van der Waals surface area contributed by atoms with Gasteiger partial charge in [-0.25, -0.2) is 0 Å². The maximum Gasteiger partial charge on any atom is 0.259 e. The van der Waals surface area contributed by atoms with Gasteiger partial charge >= 0.3 is 0 Å². The van der Waals surface area contributed by atoms with Gasteiger partial charge in [0, 0.05) is 36.1 Å². The number of amides is 2. The third-order valence-electron chi connectivity index (χ3n) is 4.73. The molecule has 0 saturated heterocycles. The van der Waals surface area contributed by atoms with Gasteiger partial charge in [0.1, 0.15) is 0 Å². The second-order valence-corrected chi connectivity index (χ2v) is 6.39. The van der Waals surface area contributed by atoms with Gasteiger partial charge in [0.15, 0.2) is 0 Å². The van der Waals surface area contributed by atoms with Crippen LogP contribution in [0.5, 0.6) is 0 Å². The first-order valence-electron chi connectivity index (χ1n) is 8.34. The summed E-state index contributed by atoms with van der Waals surface area (Å²) < 4.78 is 0. The monoisotopic (exact) mass is 333 g/mol. The van der Waals surface area contributed by atoms with Gasteiger partial charge in [-0.2, -0.15) is 0 Å². The minimum Gasteiger partial charge on any atom is -0.361 e. The van der Waals surface area contributed by atoms with Crippen molar-refractivity contribution < 1.29 is 9.59 Å². The fraction of sp³-hybridized carbons (Fsp3) is 0.200. The number of hydrogen-bond acceptors (Lipinski definition) is 2. The van der Waals surface area contributed by atoms with Crippen LogP contribution in [0.25, 0.3) is 10.9 Å². The molecule has 1 aliphatic heterocycles. The van der Waals surface area contributed by atoms with E-state index in [-0.39, 0.29) is 17.9 Å². The van der Waals surface area contributed by atoms with Crippen molar-refractivity contribution in [1.29, 1.82) is 0 Å². The summed E-state index contributed by atoms with van der Waals surface area (Å²) in [6.45, 7) is 4.00. The number of nitrogens with zero attached hydrogens (tertiary/aromatic N) is 2. The summed E-state index contributed by atoms with van der Waals surface area (Å²) in [5.74, 6) is -0.0625. The Morgan fingerprint density at radius 1 is 1.04 bits per heavy atom. The average molecular weight is 333 g/mol. The molecule has 0 saturated carbocycles. The van der Waals surface area contributed by atoms with Crippen molar-refractivity contribution in [1.82, 2.24) is 4.98 Å². The van der Waals surface area contributed by atoms with Crippen molar-refractivity contribution in [3.63, 3.8) is 0 Å². The van der Waals surface area contributed by atoms with E-state index in [1.54, 1.807) is 16.7 Å². The van der Waals surface area contributed by atoms with E-state index < -0.39 is 0 Å². The van der Waals surface area contributed by atoms with Crippen molar-refractivity contribution in [3.05, 3.63) is 60.3 Å². The molecule has 0 aliphatic carbocycles. The van der Waals surface area contributed by atoms with Crippen molar-refractivity contribution in [3.8, 4) is 0 Å². The van der Waals surface area contributed by atoms with Crippen LogP contribution in [0.3, 0.4) is 0 Å². The summed E-state index contributed by atoms with van der Waals surface area (Å²) in [5, 5.41) is 0.909. The summed E-state index contributed by atoms with van der Waals surface area (Å²) in [7, 11) is 0. The van der Waals surface area contributed by atoms with Crippen LogP contribution in [0.15, 0.2) is 54.7 Å². The molecule has 4 rings (SSSR count). The van der Waals surface area contributed by atoms with E-state index in [1.807, 2.05) is 61.7 Å². The second-order valence-electron chi connectivity index (χ2n) is 6.39. The lowest BCUT2D eigenvalue weighted by atomic mass is 10.0. The molecule has 1 atom stereocenters. The smallest absolute Gasteiger partial charge is 0.259 e. The largest absolute Gasteiger partial charge is 0.361 e. The van der Waals surface area contributed by atoms with Crippen LogP contribution in [-0.2, 0) is 4.79 Å². The number of H-pyrrole nitrogens is 1. The van der Waals surface area contributed by atoms with Crippen LogP contribution in [0.2, 0.25) is 0 Å².